The van der Waals surface area contributed by atoms with Crippen LogP contribution in [-0.4, -0.2) is 30.1 Å². The summed E-state index contributed by atoms with van der Waals surface area (Å²) in [4.78, 5) is 25.1. The third-order valence-electron chi connectivity index (χ3n) is 4.86. The number of hydrogen-bond donors (Lipinski definition) is 1. The Morgan fingerprint density at radius 1 is 1.12 bits per heavy atom. The lowest BCUT2D eigenvalue weighted by molar-refractivity contribution is -0.126. The minimum absolute atomic E-state index is 0.0359. The molecule has 0 radical (unpaired) electrons. The minimum Gasteiger partial charge on any atom is -0.478 e. The molecule has 0 aliphatic carbocycles. The summed E-state index contributed by atoms with van der Waals surface area (Å²) in [7, 11) is 0. The number of carbonyl (C=O) groups excluding carboxylic acids is 1. The summed E-state index contributed by atoms with van der Waals surface area (Å²) >= 11 is 0. The van der Waals surface area contributed by atoms with Crippen molar-refractivity contribution in [1.82, 2.24) is 0 Å². The fourth-order valence-electron chi connectivity index (χ4n) is 3.48. The van der Waals surface area contributed by atoms with E-state index in [4.69, 9.17) is 4.74 Å². The van der Waals surface area contributed by atoms with Gasteiger partial charge in [0.2, 0.25) is 0 Å². The largest absolute Gasteiger partial charge is 0.478 e. The van der Waals surface area contributed by atoms with Gasteiger partial charge in [0, 0.05) is 19.1 Å². The number of benzene rings is 2. The van der Waals surface area contributed by atoms with E-state index >= 15 is 0 Å². The highest BCUT2D eigenvalue weighted by molar-refractivity contribution is 5.96. The maximum absolute atomic E-state index is 13.4. The van der Waals surface area contributed by atoms with Crippen LogP contribution in [0.5, 0.6) is 0 Å². The molecule has 5 heteroatoms. The van der Waals surface area contributed by atoms with Crippen LogP contribution in [0.3, 0.4) is 0 Å². The molecule has 0 bridgehead atoms. The maximum Gasteiger partial charge on any atom is 0.336 e. The molecular formula is C21H21FO4. The minimum atomic E-state index is -1.07. The molecule has 1 fully saturated rings. The van der Waals surface area contributed by atoms with E-state index in [0.29, 0.717) is 37.2 Å². The number of hydrogen-bond acceptors (Lipinski definition) is 3. The first-order valence-electron chi connectivity index (χ1n) is 8.68. The molecule has 0 spiro atoms. The number of carboxylic acids is 1. The van der Waals surface area contributed by atoms with E-state index in [1.807, 2.05) is 6.92 Å². The lowest BCUT2D eigenvalue weighted by Crippen LogP contribution is -2.29. The number of carbonyl (C=O) groups is 2. The van der Waals surface area contributed by atoms with Gasteiger partial charge in [0.25, 0.3) is 0 Å². The van der Waals surface area contributed by atoms with Crippen molar-refractivity contribution in [3.8, 4) is 0 Å². The van der Waals surface area contributed by atoms with Crippen LogP contribution in [0.4, 0.5) is 4.39 Å². The third kappa shape index (κ3) is 3.83. The number of aryl methyl sites for hydroxylation is 1. The van der Waals surface area contributed by atoms with E-state index in [1.54, 1.807) is 30.3 Å². The SMILES string of the molecule is Cc1ccc(C(C(=O)C2CCOCC2)c2ccc(F)cc2)c(C(=O)O)c1. The lowest BCUT2D eigenvalue weighted by atomic mass is 9.78. The Kier molecular flexibility index (Phi) is 5.47. The molecule has 1 aliphatic heterocycles. The molecule has 26 heavy (non-hydrogen) atoms. The summed E-state index contributed by atoms with van der Waals surface area (Å²) in [6.07, 6.45) is 1.23. The molecule has 1 unspecified atom stereocenters. The van der Waals surface area contributed by atoms with Crippen molar-refractivity contribution in [2.45, 2.75) is 25.7 Å². The Balaban J connectivity index is 2.10. The molecule has 1 heterocycles. The average Bonchev–Trinajstić information content (AvgIpc) is 2.65. The molecule has 136 valence electrons. The van der Waals surface area contributed by atoms with Gasteiger partial charge in [-0.05, 0) is 49.1 Å². The van der Waals surface area contributed by atoms with Crippen LogP contribution in [-0.2, 0) is 9.53 Å². The number of rotatable bonds is 5. The van der Waals surface area contributed by atoms with Crippen molar-refractivity contribution in [3.05, 3.63) is 70.5 Å². The maximum atomic E-state index is 13.4. The van der Waals surface area contributed by atoms with E-state index in [9.17, 15) is 19.1 Å². The van der Waals surface area contributed by atoms with Crippen LogP contribution in [0.2, 0.25) is 0 Å². The Labute approximate surface area is 151 Å². The second-order valence-corrected chi connectivity index (χ2v) is 6.67. The topological polar surface area (TPSA) is 63.6 Å². The summed E-state index contributed by atoms with van der Waals surface area (Å²) in [6, 6.07) is 10.8. The first-order chi connectivity index (χ1) is 12.5. The lowest BCUT2D eigenvalue weighted by Gasteiger charge is -2.27. The van der Waals surface area contributed by atoms with Crippen molar-refractivity contribution >= 4 is 11.8 Å². The van der Waals surface area contributed by atoms with Gasteiger partial charge in [-0.3, -0.25) is 4.79 Å². The van der Waals surface area contributed by atoms with Crippen LogP contribution >= 0.6 is 0 Å². The molecule has 4 nitrogen and oxygen atoms in total. The molecule has 2 aromatic rings. The fourth-order valence-corrected chi connectivity index (χ4v) is 3.48. The molecule has 1 saturated heterocycles. The molecule has 1 aliphatic rings. The van der Waals surface area contributed by atoms with Crippen LogP contribution in [0.15, 0.2) is 42.5 Å². The number of Topliss-reactive ketones (excluding diaryl/α,β-unsaturated/α-hetero) is 1. The van der Waals surface area contributed by atoms with Gasteiger partial charge in [0.15, 0.2) is 0 Å². The predicted molar refractivity (Wildman–Crippen MR) is 94.9 cm³/mol. The van der Waals surface area contributed by atoms with Gasteiger partial charge >= 0.3 is 5.97 Å². The summed E-state index contributed by atoms with van der Waals surface area (Å²) in [5.74, 6) is -2.43. The Hall–Kier alpha value is -2.53. The van der Waals surface area contributed by atoms with Gasteiger partial charge in [-0.1, -0.05) is 29.8 Å². The molecule has 1 atom stereocenters. The van der Waals surface area contributed by atoms with Crippen LogP contribution in [0.25, 0.3) is 0 Å². The van der Waals surface area contributed by atoms with Gasteiger partial charge in [0.05, 0.1) is 11.5 Å². The molecular weight excluding hydrogens is 335 g/mol. The average molecular weight is 356 g/mol. The third-order valence-corrected chi connectivity index (χ3v) is 4.86. The zero-order valence-corrected chi connectivity index (χ0v) is 14.6. The summed E-state index contributed by atoms with van der Waals surface area (Å²) < 4.78 is 18.7. The first kappa shape index (κ1) is 18.3. The second-order valence-electron chi connectivity index (χ2n) is 6.67. The van der Waals surface area contributed by atoms with Crippen molar-refractivity contribution in [2.75, 3.05) is 13.2 Å². The van der Waals surface area contributed by atoms with E-state index in [0.717, 1.165) is 5.56 Å². The van der Waals surface area contributed by atoms with E-state index in [2.05, 4.69) is 0 Å². The van der Waals surface area contributed by atoms with E-state index in [-0.39, 0.29) is 17.3 Å². The van der Waals surface area contributed by atoms with E-state index in [1.165, 1.54) is 12.1 Å². The predicted octanol–water partition coefficient (Wildman–Crippen LogP) is 3.96. The zero-order valence-electron chi connectivity index (χ0n) is 14.6. The number of carboxylic acid groups (broad SMARTS) is 1. The molecule has 0 amide bonds. The standard InChI is InChI=1S/C21H21FO4/c1-13-2-7-17(18(12-13)21(24)25)19(14-3-5-16(22)6-4-14)20(23)15-8-10-26-11-9-15/h2-7,12,15,19H,8-11H2,1H3,(H,24,25). The summed E-state index contributed by atoms with van der Waals surface area (Å²) in [5, 5.41) is 9.63. The molecule has 2 aromatic carbocycles. The molecule has 0 aromatic heterocycles. The monoisotopic (exact) mass is 356 g/mol. The van der Waals surface area contributed by atoms with Gasteiger partial charge in [-0.2, -0.15) is 0 Å². The van der Waals surface area contributed by atoms with E-state index < -0.39 is 17.7 Å². The highest BCUT2D eigenvalue weighted by Gasteiger charge is 2.33. The number of halogens is 1. The highest BCUT2D eigenvalue weighted by Crippen LogP contribution is 2.34. The van der Waals surface area contributed by atoms with Crippen LogP contribution in [0, 0.1) is 18.7 Å². The number of ketones is 1. The highest BCUT2D eigenvalue weighted by atomic mass is 19.1. The van der Waals surface area contributed by atoms with Crippen molar-refractivity contribution in [2.24, 2.45) is 5.92 Å². The van der Waals surface area contributed by atoms with Gasteiger partial charge in [0.1, 0.15) is 11.6 Å². The van der Waals surface area contributed by atoms with Crippen molar-refractivity contribution in [3.63, 3.8) is 0 Å². The van der Waals surface area contributed by atoms with Crippen molar-refractivity contribution in [1.29, 1.82) is 0 Å². The van der Waals surface area contributed by atoms with Crippen LogP contribution in [0.1, 0.15) is 45.8 Å². The zero-order chi connectivity index (χ0) is 18.7. The van der Waals surface area contributed by atoms with Crippen molar-refractivity contribution < 1.29 is 23.8 Å². The van der Waals surface area contributed by atoms with Gasteiger partial charge < -0.3 is 9.84 Å². The quantitative estimate of drug-likeness (QED) is 0.881. The van der Waals surface area contributed by atoms with Gasteiger partial charge in [-0.25, -0.2) is 9.18 Å². The second kappa shape index (κ2) is 7.79. The summed E-state index contributed by atoms with van der Waals surface area (Å²) in [5.41, 5.74) is 1.97. The normalized spacial score (nSPS) is 16.2. The Morgan fingerprint density at radius 2 is 1.77 bits per heavy atom. The number of aromatic carboxylic acids is 1. The Bertz CT molecular complexity index is 807. The Morgan fingerprint density at radius 3 is 2.38 bits per heavy atom. The first-order valence-corrected chi connectivity index (χ1v) is 8.68. The molecule has 0 saturated carbocycles. The smallest absolute Gasteiger partial charge is 0.336 e. The molecule has 1 N–H and O–H groups in total. The molecule has 3 rings (SSSR count). The summed E-state index contributed by atoms with van der Waals surface area (Å²) in [6.45, 7) is 2.85. The fraction of sp³-hybridized carbons (Fsp3) is 0.333. The number of ether oxygens (including phenoxy) is 1. The van der Waals surface area contributed by atoms with Gasteiger partial charge in [-0.15, -0.1) is 0 Å². The van der Waals surface area contributed by atoms with Crippen LogP contribution < -0.4 is 0 Å².